The number of imidazole rings is 1. The van der Waals surface area contributed by atoms with Gasteiger partial charge in [0.05, 0.1) is 16.0 Å². The third-order valence-corrected chi connectivity index (χ3v) is 5.04. The van der Waals surface area contributed by atoms with Crippen LogP contribution >= 0.6 is 0 Å². The number of hydrogen-bond acceptors (Lipinski definition) is 4. The van der Waals surface area contributed by atoms with Gasteiger partial charge in [-0.3, -0.25) is 14.9 Å². The first kappa shape index (κ1) is 17.2. The summed E-state index contributed by atoms with van der Waals surface area (Å²) in [4.78, 5) is 30.5. The number of aromatic amines is 1. The van der Waals surface area contributed by atoms with E-state index in [2.05, 4.69) is 15.3 Å². The van der Waals surface area contributed by atoms with Crippen molar-refractivity contribution in [1.82, 2.24) is 15.3 Å². The van der Waals surface area contributed by atoms with E-state index in [1.807, 2.05) is 12.1 Å². The predicted octanol–water partition coefficient (Wildman–Crippen LogP) is 4.20. The van der Waals surface area contributed by atoms with E-state index < -0.39 is 4.92 Å². The highest BCUT2D eigenvalue weighted by molar-refractivity contribution is 5.95. The molecule has 0 saturated heterocycles. The van der Waals surface area contributed by atoms with Crippen LogP contribution in [-0.2, 0) is 0 Å². The Hall–Kier alpha value is -3.22. The van der Waals surface area contributed by atoms with Crippen LogP contribution < -0.4 is 5.32 Å². The number of non-ortho nitro benzene ring substituents is 1. The fourth-order valence-electron chi connectivity index (χ4n) is 3.54. The Morgan fingerprint density at radius 2 is 1.85 bits per heavy atom. The molecule has 1 aromatic heterocycles. The summed E-state index contributed by atoms with van der Waals surface area (Å²) >= 11 is 0. The van der Waals surface area contributed by atoms with Gasteiger partial charge in [0.1, 0.15) is 5.82 Å². The summed E-state index contributed by atoms with van der Waals surface area (Å²) in [6.07, 6.45) is 5.70. The number of nitro benzene ring substituents is 1. The van der Waals surface area contributed by atoms with Gasteiger partial charge < -0.3 is 10.3 Å². The molecule has 27 heavy (non-hydrogen) atoms. The van der Waals surface area contributed by atoms with Crippen LogP contribution in [0.3, 0.4) is 0 Å². The van der Waals surface area contributed by atoms with Crippen LogP contribution in [0.4, 0.5) is 5.69 Å². The summed E-state index contributed by atoms with van der Waals surface area (Å²) in [5.74, 6) is 0.568. The first-order chi connectivity index (χ1) is 13.1. The van der Waals surface area contributed by atoms with Crippen molar-refractivity contribution >= 4 is 22.6 Å². The number of fused-ring (bicyclic) bond motifs is 1. The smallest absolute Gasteiger partial charge is 0.271 e. The largest absolute Gasteiger partial charge is 0.349 e. The van der Waals surface area contributed by atoms with Crippen LogP contribution in [0.5, 0.6) is 0 Å². The number of nitrogens with one attached hydrogen (secondary N) is 2. The Morgan fingerprint density at radius 1 is 1.11 bits per heavy atom. The van der Waals surface area contributed by atoms with E-state index in [4.69, 9.17) is 0 Å². The Balaban J connectivity index is 1.52. The van der Waals surface area contributed by atoms with E-state index in [-0.39, 0.29) is 17.6 Å². The number of nitrogens with zero attached hydrogens (tertiary/aromatic N) is 2. The normalized spacial score (nSPS) is 15.0. The van der Waals surface area contributed by atoms with Gasteiger partial charge in [-0.2, -0.15) is 0 Å². The molecule has 0 bridgehead atoms. The van der Waals surface area contributed by atoms with E-state index in [1.54, 1.807) is 18.2 Å². The van der Waals surface area contributed by atoms with Crippen molar-refractivity contribution < 1.29 is 9.72 Å². The molecule has 2 N–H and O–H groups in total. The quantitative estimate of drug-likeness (QED) is 0.535. The van der Waals surface area contributed by atoms with Crippen molar-refractivity contribution in [2.45, 2.75) is 38.1 Å². The predicted molar refractivity (Wildman–Crippen MR) is 103 cm³/mol. The lowest BCUT2D eigenvalue weighted by molar-refractivity contribution is -0.384. The highest BCUT2D eigenvalue weighted by atomic mass is 16.6. The average molecular weight is 364 g/mol. The number of aromatic nitrogens is 2. The second-order valence-electron chi connectivity index (χ2n) is 6.93. The van der Waals surface area contributed by atoms with Crippen molar-refractivity contribution in [1.29, 1.82) is 0 Å². The molecule has 0 aliphatic heterocycles. The molecule has 7 heteroatoms. The molecule has 4 rings (SSSR count). The van der Waals surface area contributed by atoms with E-state index in [0.29, 0.717) is 22.4 Å². The van der Waals surface area contributed by atoms with Gasteiger partial charge in [-0.1, -0.05) is 31.4 Å². The molecule has 7 nitrogen and oxygen atoms in total. The van der Waals surface area contributed by atoms with Gasteiger partial charge in [0, 0.05) is 29.3 Å². The molecule has 0 radical (unpaired) electrons. The lowest BCUT2D eigenvalue weighted by Crippen LogP contribution is -2.36. The van der Waals surface area contributed by atoms with Crippen LogP contribution in [0.15, 0.2) is 42.5 Å². The molecular weight excluding hydrogens is 344 g/mol. The maximum absolute atomic E-state index is 12.4. The van der Waals surface area contributed by atoms with Gasteiger partial charge >= 0.3 is 0 Å². The number of carbonyl (C=O) groups excluding carboxylic acids is 1. The molecule has 3 aromatic rings. The van der Waals surface area contributed by atoms with Gasteiger partial charge in [0.15, 0.2) is 0 Å². The molecular formula is C20H20N4O3. The van der Waals surface area contributed by atoms with E-state index in [1.165, 1.54) is 31.4 Å². The number of carbonyl (C=O) groups is 1. The summed E-state index contributed by atoms with van der Waals surface area (Å²) in [7, 11) is 0. The summed E-state index contributed by atoms with van der Waals surface area (Å²) in [5.41, 5.74) is 2.74. The summed E-state index contributed by atoms with van der Waals surface area (Å²) in [6.45, 7) is 0. The Morgan fingerprint density at radius 3 is 2.56 bits per heavy atom. The zero-order valence-electron chi connectivity index (χ0n) is 14.8. The maximum Gasteiger partial charge on any atom is 0.271 e. The molecule has 1 aliphatic rings. The number of hydrogen-bond donors (Lipinski definition) is 2. The van der Waals surface area contributed by atoms with Crippen molar-refractivity contribution in [2.75, 3.05) is 0 Å². The molecule has 138 valence electrons. The molecule has 0 spiro atoms. The Labute approximate surface area is 156 Å². The first-order valence-electron chi connectivity index (χ1n) is 9.15. The van der Waals surface area contributed by atoms with Crippen LogP contribution in [0.2, 0.25) is 0 Å². The topological polar surface area (TPSA) is 101 Å². The van der Waals surface area contributed by atoms with Crippen molar-refractivity contribution in [2.24, 2.45) is 0 Å². The molecule has 1 heterocycles. The molecule has 2 aromatic carbocycles. The van der Waals surface area contributed by atoms with E-state index >= 15 is 0 Å². The van der Waals surface area contributed by atoms with Crippen molar-refractivity contribution in [3.63, 3.8) is 0 Å². The Bertz CT molecular complexity index is 988. The van der Waals surface area contributed by atoms with Crippen LogP contribution in [0, 0.1) is 10.1 Å². The number of H-pyrrole nitrogens is 1. The summed E-state index contributed by atoms with van der Waals surface area (Å²) < 4.78 is 0. The molecule has 1 aliphatic carbocycles. The number of nitro groups is 1. The average Bonchev–Trinajstić information content (AvgIpc) is 3.12. The van der Waals surface area contributed by atoms with Crippen LogP contribution in [0.1, 0.15) is 42.5 Å². The van der Waals surface area contributed by atoms with Gasteiger partial charge in [-0.15, -0.1) is 0 Å². The minimum atomic E-state index is -0.431. The Kier molecular flexibility index (Phi) is 4.58. The second kappa shape index (κ2) is 7.19. The van der Waals surface area contributed by atoms with Gasteiger partial charge in [0.2, 0.25) is 0 Å². The third kappa shape index (κ3) is 3.67. The van der Waals surface area contributed by atoms with Gasteiger partial charge in [-0.25, -0.2) is 4.98 Å². The molecule has 0 atom stereocenters. The van der Waals surface area contributed by atoms with Crippen LogP contribution in [0.25, 0.3) is 22.4 Å². The standard InChI is InChI=1S/C20H20N4O3/c25-20(21-15-4-2-1-3-5-15)14-8-6-13(7-9-14)19-22-17-11-10-16(24(26)27)12-18(17)23-19/h6-12,15H,1-5H2,(H,21,25)(H,22,23). The second-order valence-corrected chi connectivity index (χ2v) is 6.93. The fourth-order valence-corrected chi connectivity index (χ4v) is 3.54. The van der Waals surface area contributed by atoms with Gasteiger partial charge in [-0.05, 0) is 31.0 Å². The number of rotatable bonds is 4. The van der Waals surface area contributed by atoms with Crippen molar-refractivity contribution in [3.05, 3.63) is 58.1 Å². The lowest BCUT2D eigenvalue weighted by Gasteiger charge is -2.22. The molecule has 0 unspecified atom stereocenters. The summed E-state index contributed by atoms with van der Waals surface area (Å²) in [6, 6.07) is 12.0. The minimum absolute atomic E-state index is 0.0208. The molecule has 1 saturated carbocycles. The highest BCUT2D eigenvalue weighted by Crippen LogP contribution is 2.24. The monoisotopic (exact) mass is 364 g/mol. The highest BCUT2D eigenvalue weighted by Gasteiger charge is 2.17. The SMILES string of the molecule is O=C(NC1CCCCC1)c1ccc(-c2nc3ccc([N+](=O)[O-])cc3[nH]2)cc1. The summed E-state index contributed by atoms with van der Waals surface area (Å²) in [5, 5.41) is 14.0. The number of benzene rings is 2. The molecule has 1 fully saturated rings. The van der Waals surface area contributed by atoms with E-state index in [9.17, 15) is 14.9 Å². The van der Waals surface area contributed by atoms with Gasteiger partial charge in [0.25, 0.3) is 11.6 Å². The lowest BCUT2D eigenvalue weighted by atomic mass is 9.95. The van der Waals surface area contributed by atoms with Crippen molar-refractivity contribution in [3.8, 4) is 11.4 Å². The minimum Gasteiger partial charge on any atom is -0.349 e. The first-order valence-corrected chi connectivity index (χ1v) is 9.15. The van der Waals surface area contributed by atoms with Crippen LogP contribution in [-0.4, -0.2) is 26.8 Å². The number of amides is 1. The molecule has 1 amide bonds. The zero-order chi connectivity index (χ0) is 18.8. The third-order valence-electron chi connectivity index (χ3n) is 5.04. The zero-order valence-corrected chi connectivity index (χ0v) is 14.8. The maximum atomic E-state index is 12.4. The fraction of sp³-hybridized carbons (Fsp3) is 0.300. The van der Waals surface area contributed by atoms with E-state index in [0.717, 1.165) is 18.4 Å².